The zero-order valence-corrected chi connectivity index (χ0v) is 15.2. The second kappa shape index (κ2) is 8.53. The number of aliphatic hydroxyl groups is 1. The molecule has 0 radical (unpaired) electrons. The largest absolute Gasteiger partial charge is 0.490 e. The first-order chi connectivity index (χ1) is 11.4. The van der Waals surface area contributed by atoms with Crippen molar-refractivity contribution >= 4 is 28.9 Å². The third kappa shape index (κ3) is 4.98. The molecule has 2 aromatic rings. The van der Waals surface area contributed by atoms with Gasteiger partial charge in [0, 0.05) is 36.6 Å². The number of hydrogen-bond donors (Lipinski definition) is 2. The smallest absolute Gasteiger partial charge is 0.130 e. The van der Waals surface area contributed by atoms with Crippen molar-refractivity contribution < 1.29 is 9.84 Å². The molecule has 1 atom stereocenters. The fraction of sp³-hybridized carbons (Fsp3) is 0.353. The molecule has 0 fully saturated rings. The summed E-state index contributed by atoms with van der Waals surface area (Å²) in [6.07, 6.45) is 4.42. The molecule has 24 heavy (non-hydrogen) atoms. The zero-order valence-electron chi connectivity index (χ0n) is 13.7. The van der Waals surface area contributed by atoms with Crippen molar-refractivity contribution in [3.05, 3.63) is 53.0 Å². The van der Waals surface area contributed by atoms with Crippen LogP contribution in [0.3, 0.4) is 0 Å². The van der Waals surface area contributed by atoms with E-state index in [1.807, 2.05) is 13.8 Å². The van der Waals surface area contributed by atoms with Crippen molar-refractivity contribution in [2.75, 3.05) is 13.2 Å². The lowest BCUT2D eigenvalue weighted by atomic mass is 10.1. The van der Waals surface area contributed by atoms with Crippen molar-refractivity contribution in [1.82, 2.24) is 14.9 Å². The summed E-state index contributed by atoms with van der Waals surface area (Å²) < 4.78 is 7.51. The number of nitrogens with one attached hydrogen (secondary N) is 1. The van der Waals surface area contributed by atoms with Gasteiger partial charge in [0.05, 0.1) is 22.1 Å². The first kappa shape index (κ1) is 18.8. The van der Waals surface area contributed by atoms with Crippen LogP contribution in [0.2, 0.25) is 10.0 Å². The minimum absolute atomic E-state index is 0.127. The van der Waals surface area contributed by atoms with E-state index in [9.17, 15) is 5.11 Å². The molecule has 0 bridgehead atoms. The second-order valence-electron chi connectivity index (χ2n) is 5.71. The van der Waals surface area contributed by atoms with Crippen molar-refractivity contribution in [3.63, 3.8) is 0 Å². The van der Waals surface area contributed by atoms with Crippen LogP contribution in [0.25, 0.3) is 5.70 Å². The van der Waals surface area contributed by atoms with Crippen LogP contribution in [0.5, 0.6) is 5.75 Å². The summed E-state index contributed by atoms with van der Waals surface area (Å²) in [6, 6.07) is 3.62. The van der Waals surface area contributed by atoms with E-state index >= 15 is 0 Å². The van der Waals surface area contributed by atoms with E-state index in [2.05, 4.69) is 16.9 Å². The van der Waals surface area contributed by atoms with Crippen LogP contribution < -0.4 is 10.1 Å². The number of halogens is 2. The maximum Gasteiger partial charge on any atom is 0.130 e. The Morgan fingerprint density at radius 2 is 2.08 bits per heavy atom. The lowest BCUT2D eigenvalue weighted by molar-refractivity contribution is 0.104. The van der Waals surface area contributed by atoms with Gasteiger partial charge in [-0.15, -0.1) is 0 Å². The van der Waals surface area contributed by atoms with E-state index in [-0.39, 0.29) is 6.61 Å². The highest BCUT2D eigenvalue weighted by Crippen LogP contribution is 2.34. The van der Waals surface area contributed by atoms with E-state index in [1.54, 1.807) is 35.4 Å². The zero-order chi connectivity index (χ0) is 17.7. The Morgan fingerprint density at radius 1 is 1.38 bits per heavy atom. The van der Waals surface area contributed by atoms with Crippen molar-refractivity contribution in [1.29, 1.82) is 0 Å². The van der Waals surface area contributed by atoms with Crippen LogP contribution in [0.15, 0.2) is 37.4 Å². The van der Waals surface area contributed by atoms with E-state index < -0.39 is 6.10 Å². The number of ether oxygens (including phenoxy) is 1. The Kier molecular flexibility index (Phi) is 6.69. The van der Waals surface area contributed by atoms with Crippen LogP contribution >= 0.6 is 23.2 Å². The minimum Gasteiger partial charge on any atom is -0.490 e. The fourth-order valence-electron chi connectivity index (χ4n) is 2.05. The maximum atomic E-state index is 10.0. The van der Waals surface area contributed by atoms with E-state index in [4.69, 9.17) is 27.9 Å². The Bertz CT molecular complexity index is 687. The third-order valence-corrected chi connectivity index (χ3v) is 4.06. The van der Waals surface area contributed by atoms with Gasteiger partial charge in [0.25, 0.3) is 0 Å². The van der Waals surface area contributed by atoms with E-state index in [1.165, 1.54) is 0 Å². The SMILES string of the molecule is C=C(c1cc(Cl)c(Cl)cc1OCC(O)CNC(C)C)n1ccnc1. The van der Waals surface area contributed by atoms with Gasteiger partial charge in [-0.3, -0.25) is 0 Å². The average Bonchev–Trinajstić information content (AvgIpc) is 3.07. The molecular formula is C17H21Cl2N3O2. The Balaban J connectivity index is 2.16. The highest BCUT2D eigenvalue weighted by molar-refractivity contribution is 6.42. The Hall–Kier alpha value is -1.53. The monoisotopic (exact) mass is 369 g/mol. The molecule has 0 aliphatic rings. The Labute approximate surface area is 151 Å². The molecule has 0 aliphatic carbocycles. The summed E-state index contributed by atoms with van der Waals surface area (Å²) in [5.41, 5.74) is 1.34. The van der Waals surface area contributed by atoms with Crippen LogP contribution in [0, 0.1) is 0 Å². The molecular weight excluding hydrogens is 349 g/mol. The third-order valence-electron chi connectivity index (χ3n) is 3.34. The lowest BCUT2D eigenvalue weighted by Gasteiger charge is -2.18. The van der Waals surface area contributed by atoms with Crippen LogP contribution in [0.1, 0.15) is 19.4 Å². The van der Waals surface area contributed by atoms with Crippen molar-refractivity contribution in [3.8, 4) is 5.75 Å². The van der Waals surface area contributed by atoms with E-state index in [0.717, 1.165) is 0 Å². The van der Waals surface area contributed by atoms with Gasteiger partial charge in [-0.25, -0.2) is 4.98 Å². The van der Waals surface area contributed by atoms with E-state index in [0.29, 0.717) is 39.6 Å². The maximum absolute atomic E-state index is 10.0. The number of hydrogen-bond acceptors (Lipinski definition) is 4. The second-order valence-corrected chi connectivity index (χ2v) is 6.52. The number of nitrogens with zero attached hydrogens (tertiary/aromatic N) is 2. The summed E-state index contributed by atoms with van der Waals surface area (Å²) in [7, 11) is 0. The van der Waals surface area contributed by atoms with Gasteiger partial charge in [0.2, 0.25) is 0 Å². The molecule has 7 heteroatoms. The predicted molar refractivity (Wildman–Crippen MR) is 97.8 cm³/mol. The van der Waals surface area contributed by atoms with Gasteiger partial charge in [-0.2, -0.15) is 0 Å². The molecule has 2 N–H and O–H groups in total. The highest BCUT2D eigenvalue weighted by Gasteiger charge is 2.15. The summed E-state index contributed by atoms with van der Waals surface area (Å²) >= 11 is 12.2. The van der Waals surface area contributed by atoms with Gasteiger partial charge in [-0.05, 0) is 6.07 Å². The van der Waals surface area contributed by atoms with Gasteiger partial charge < -0.3 is 19.7 Å². The molecule has 0 aliphatic heterocycles. The number of aliphatic hydroxyl groups excluding tert-OH is 1. The summed E-state index contributed by atoms with van der Waals surface area (Å²) in [4.78, 5) is 4.01. The molecule has 0 saturated carbocycles. The van der Waals surface area contributed by atoms with Crippen molar-refractivity contribution in [2.45, 2.75) is 26.0 Å². The van der Waals surface area contributed by atoms with Gasteiger partial charge >= 0.3 is 0 Å². The molecule has 2 rings (SSSR count). The quantitative estimate of drug-likeness (QED) is 0.747. The number of imidazole rings is 1. The number of rotatable bonds is 8. The normalized spacial score (nSPS) is 12.4. The molecule has 0 spiro atoms. The number of aromatic nitrogens is 2. The lowest BCUT2D eigenvalue weighted by Crippen LogP contribution is -2.35. The molecule has 1 aromatic carbocycles. The fourth-order valence-corrected chi connectivity index (χ4v) is 2.37. The van der Waals surface area contributed by atoms with Gasteiger partial charge in [0.15, 0.2) is 0 Å². The topological polar surface area (TPSA) is 59.3 Å². The Morgan fingerprint density at radius 3 is 2.71 bits per heavy atom. The average molecular weight is 370 g/mol. The molecule has 1 heterocycles. The molecule has 0 amide bonds. The standard InChI is InChI=1S/C17H21Cl2N3O2/c1-11(2)21-8-13(23)9-24-17-7-16(19)15(18)6-14(17)12(3)22-5-4-20-10-22/h4-7,10-11,13,21,23H,3,8-9H2,1-2H3. The van der Waals surface area contributed by atoms with Crippen LogP contribution in [0.4, 0.5) is 0 Å². The number of benzene rings is 1. The molecule has 1 unspecified atom stereocenters. The summed E-state index contributed by atoms with van der Waals surface area (Å²) in [6.45, 7) is 8.65. The molecule has 5 nitrogen and oxygen atoms in total. The summed E-state index contributed by atoms with van der Waals surface area (Å²) in [5, 5.41) is 14.0. The van der Waals surface area contributed by atoms with Crippen LogP contribution in [-0.2, 0) is 0 Å². The highest BCUT2D eigenvalue weighted by atomic mass is 35.5. The van der Waals surface area contributed by atoms with Crippen LogP contribution in [-0.4, -0.2) is 40.0 Å². The molecule has 1 aromatic heterocycles. The first-order valence-electron chi connectivity index (χ1n) is 7.59. The molecule has 130 valence electrons. The first-order valence-corrected chi connectivity index (χ1v) is 8.35. The van der Waals surface area contributed by atoms with Gasteiger partial charge in [-0.1, -0.05) is 43.6 Å². The van der Waals surface area contributed by atoms with Gasteiger partial charge in [0.1, 0.15) is 18.5 Å². The summed E-state index contributed by atoms with van der Waals surface area (Å²) in [5.74, 6) is 0.506. The molecule has 0 saturated heterocycles. The van der Waals surface area contributed by atoms with Crippen molar-refractivity contribution in [2.24, 2.45) is 0 Å². The predicted octanol–water partition coefficient (Wildman–Crippen LogP) is 3.45. The minimum atomic E-state index is -0.642.